The van der Waals surface area contributed by atoms with Gasteiger partial charge in [0.25, 0.3) is 0 Å². The van der Waals surface area contributed by atoms with Crippen LogP contribution in [0.4, 0.5) is 30.6 Å². The van der Waals surface area contributed by atoms with Crippen LogP contribution in [0, 0.1) is 12.8 Å². The molecule has 30 heavy (non-hydrogen) atoms. The molecule has 4 rings (SSSR count). The summed E-state index contributed by atoms with van der Waals surface area (Å²) in [5.41, 5.74) is 0.382. The second kappa shape index (κ2) is 7.13. The lowest BCUT2D eigenvalue weighted by atomic mass is 9.87. The Bertz CT molecular complexity index is 976. The number of alkyl halides is 3. The van der Waals surface area contributed by atoms with Gasteiger partial charge in [-0.2, -0.15) is 23.3 Å². The van der Waals surface area contributed by atoms with Gasteiger partial charge in [-0.05, 0) is 31.7 Å². The van der Waals surface area contributed by atoms with Crippen molar-refractivity contribution in [1.82, 2.24) is 19.7 Å². The molecule has 1 amide bonds. The number of carbonyl (C=O) groups excluding carboxylic acids is 1. The van der Waals surface area contributed by atoms with E-state index in [2.05, 4.69) is 25.7 Å². The van der Waals surface area contributed by atoms with Gasteiger partial charge < -0.3 is 15.5 Å². The van der Waals surface area contributed by atoms with Gasteiger partial charge in [0.1, 0.15) is 11.7 Å². The molecule has 0 aromatic carbocycles. The van der Waals surface area contributed by atoms with Gasteiger partial charge in [0.2, 0.25) is 11.9 Å². The second-order valence-electron chi connectivity index (χ2n) is 8.27. The average molecular weight is 427 g/mol. The van der Waals surface area contributed by atoms with Crippen LogP contribution in [0.15, 0.2) is 12.3 Å². The number of rotatable bonds is 4. The van der Waals surface area contributed by atoms with Gasteiger partial charge in [0.05, 0.1) is 11.7 Å². The zero-order valence-electron chi connectivity index (χ0n) is 17.2. The predicted octanol–water partition coefficient (Wildman–Crippen LogP) is 3.72. The van der Waals surface area contributed by atoms with Gasteiger partial charge in [0.15, 0.2) is 11.5 Å². The molecule has 2 aromatic heterocycles. The van der Waals surface area contributed by atoms with Crippen LogP contribution in [0.1, 0.15) is 47.0 Å². The number of hydrogen-bond donors (Lipinski definition) is 2. The number of fused-ring (bicyclic) bond motifs is 1. The van der Waals surface area contributed by atoms with Crippen LogP contribution >= 0.6 is 0 Å². The van der Waals surface area contributed by atoms with Gasteiger partial charge in [-0.3, -0.25) is 9.48 Å². The van der Waals surface area contributed by atoms with Gasteiger partial charge in [-0.15, -0.1) is 0 Å². The van der Waals surface area contributed by atoms with E-state index in [-0.39, 0.29) is 32.8 Å². The molecule has 2 aliphatic rings. The lowest BCUT2D eigenvalue weighted by Crippen LogP contribution is -2.50. The first-order valence-electron chi connectivity index (χ1n) is 9.85. The standard InChI is InChI=1S/C19H24F3N7O.2H2/c1-9(2)15-17(30)25-14-10(3)23-18(26-16(14)28(15)4)24-11-7-12(8-11)29-6-5-13(27-29)19(20,21)22;;/h5-6,9,11-12,15H,7-8H2,1-4H3,(H,25,30)(H,23,24,26);2*1H/t11?,12?,15-;;/m0../s1. The molecule has 166 valence electrons. The van der Waals surface area contributed by atoms with Crippen molar-refractivity contribution in [3.63, 3.8) is 0 Å². The summed E-state index contributed by atoms with van der Waals surface area (Å²) in [6, 6.07) is 0.613. The molecule has 2 N–H and O–H groups in total. The van der Waals surface area contributed by atoms with Crippen molar-refractivity contribution in [2.75, 3.05) is 22.6 Å². The number of aryl methyl sites for hydroxylation is 1. The Labute approximate surface area is 174 Å². The molecule has 11 heteroatoms. The lowest BCUT2D eigenvalue weighted by Gasteiger charge is -2.38. The normalized spacial score (nSPS) is 23.8. The summed E-state index contributed by atoms with van der Waals surface area (Å²) in [5.74, 6) is 1.13. The van der Waals surface area contributed by atoms with Crippen molar-refractivity contribution < 1.29 is 20.8 Å². The summed E-state index contributed by atoms with van der Waals surface area (Å²) >= 11 is 0. The predicted molar refractivity (Wildman–Crippen MR) is 110 cm³/mol. The Balaban J connectivity index is 0.00000181. The number of nitrogens with one attached hydrogen (secondary N) is 2. The first kappa shape index (κ1) is 20.4. The zero-order valence-corrected chi connectivity index (χ0v) is 17.2. The number of nitrogens with zero attached hydrogens (tertiary/aromatic N) is 5. The number of likely N-dealkylation sites (N-methyl/N-ethyl adjacent to an activating group) is 1. The fraction of sp³-hybridized carbons (Fsp3) is 0.579. The highest BCUT2D eigenvalue weighted by Crippen LogP contribution is 2.37. The van der Waals surface area contributed by atoms with Gasteiger partial charge >= 0.3 is 6.18 Å². The van der Waals surface area contributed by atoms with E-state index in [9.17, 15) is 18.0 Å². The number of anilines is 3. The topological polar surface area (TPSA) is 88.0 Å². The molecule has 1 fully saturated rings. The SMILES string of the molecule is Cc1nc(NC2CC(n3ccc(C(F)(F)F)n3)C2)nc2c1NC(=O)[C@H](C(C)C)N2C.[HH].[HH]. The maximum Gasteiger partial charge on any atom is 0.435 e. The van der Waals surface area contributed by atoms with Crippen LogP contribution in [-0.2, 0) is 11.0 Å². The Kier molecular flexibility index (Phi) is 4.86. The summed E-state index contributed by atoms with van der Waals surface area (Å²) in [5, 5.41) is 9.81. The van der Waals surface area contributed by atoms with Crippen LogP contribution in [0.3, 0.4) is 0 Å². The molecule has 0 spiro atoms. The second-order valence-corrected chi connectivity index (χ2v) is 8.27. The number of carbonyl (C=O) groups is 1. The summed E-state index contributed by atoms with van der Waals surface area (Å²) < 4.78 is 39.5. The number of aromatic nitrogens is 4. The molecule has 1 atom stereocenters. The number of amides is 1. The first-order chi connectivity index (χ1) is 14.0. The highest BCUT2D eigenvalue weighted by atomic mass is 19.4. The van der Waals surface area contributed by atoms with Crippen LogP contribution in [0.5, 0.6) is 0 Å². The molecule has 3 heterocycles. The van der Waals surface area contributed by atoms with Crippen molar-refractivity contribution in [1.29, 1.82) is 0 Å². The monoisotopic (exact) mass is 427 g/mol. The van der Waals surface area contributed by atoms with E-state index in [0.717, 1.165) is 6.07 Å². The van der Waals surface area contributed by atoms with E-state index in [1.54, 1.807) is 0 Å². The molecule has 0 radical (unpaired) electrons. The summed E-state index contributed by atoms with van der Waals surface area (Å²) in [6.07, 6.45) is -1.82. The minimum absolute atomic E-state index is 0. The highest BCUT2D eigenvalue weighted by Gasteiger charge is 2.38. The summed E-state index contributed by atoms with van der Waals surface area (Å²) in [4.78, 5) is 23.3. The molecule has 0 saturated heterocycles. The minimum atomic E-state index is -4.43. The first-order valence-corrected chi connectivity index (χ1v) is 9.85. The van der Waals surface area contributed by atoms with Crippen molar-refractivity contribution >= 4 is 23.4 Å². The number of hydrogen-bond acceptors (Lipinski definition) is 6. The zero-order chi connectivity index (χ0) is 21.8. The van der Waals surface area contributed by atoms with Crippen LogP contribution in [0.25, 0.3) is 0 Å². The Hall–Kier alpha value is -2.85. The van der Waals surface area contributed by atoms with Crippen molar-refractivity contribution in [2.45, 2.75) is 57.9 Å². The van der Waals surface area contributed by atoms with Gasteiger partial charge in [0, 0.05) is 22.1 Å². The molecule has 1 saturated carbocycles. The third-order valence-corrected chi connectivity index (χ3v) is 5.69. The molecule has 1 aliphatic carbocycles. The molecule has 2 aromatic rings. The summed E-state index contributed by atoms with van der Waals surface area (Å²) in [7, 11) is 1.84. The van der Waals surface area contributed by atoms with Crippen molar-refractivity contribution in [3.05, 3.63) is 23.7 Å². The fourth-order valence-electron chi connectivity index (χ4n) is 4.08. The van der Waals surface area contributed by atoms with E-state index in [0.29, 0.717) is 36.0 Å². The third kappa shape index (κ3) is 3.56. The Morgan fingerprint density at radius 3 is 2.60 bits per heavy atom. The molecule has 0 unspecified atom stereocenters. The number of halogens is 3. The molecular formula is C19H28F3N7O. The maximum absolute atomic E-state index is 12.7. The van der Waals surface area contributed by atoms with Crippen LogP contribution in [0.2, 0.25) is 0 Å². The lowest BCUT2D eigenvalue weighted by molar-refractivity contribution is -0.141. The molecule has 0 bridgehead atoms. The summed E-state index contributed by atoms with van der Waals surface area (Å²) in [6.45, 7) is 5.77. The minimum Gasteiger partial charge on any atom is -0.351 e. The largest absolute Gasteiger partial charge is 0.435 e. The van der Waals surface area contributed by atoms with Crippen molar-refractivity contribution in [2.24, 2.45) is 5.92 Å². The van der Waals surface area contributed by atoms with E-state index < -0.39 is 11.9 Å². The van der Waals surface area contributed by atoms with Gasteiger partial charge in [-0.1, -0.05) is 13.8 Å². The van der Waals surface area contributed by atoms with E-state index in [4.69, 9.17) is 0 Å². The average Bonchev–Trinajstić information content (AvgIpc) is 3.08. The van der Waals surface area contributed by atoms with E-state index in [1.165, 1.54) is 10.9 Å². The van der Waals surface area contributed by atoms with Crippen molar-refractivity contribution in [3.8, 4) is 0 Å². The molecule has 8 nitrogen and oxygen atoms in total. The van der Waals surface area contributed by atoms with Gasteiger partial charge in [-0.25, -0.2) is 4.98 Å². The Morgan fingerprint density at radius 2 is 2.00 bits per heavy atom. The third-order valence-electron chi connectivity index (χ3n) is 5.69. The molecule has 1 aliphatic heterocycles. The fourth-order valence-corrected chi connectivity index (χ4v) is 4.08. The van der Waals surface area contributed by atoms with Crippen LogP contribution in [-0.4, -0.2) is 44.8 Å². The Morgan fingerprint density at radius 1 is 1.30 bits per heavy atom. The maximum atomic E-state index is 12.7. The highest BCUT2D eigenvalue weighted by molar-refractivity contribution is 6.03. The van der Waals surface area contributed by atoms with E-state index >= 15 is 0 Å². The quantitative estimate of drug-likeness (QED) is 0.773. The van der Waals surface area contributed by atoms with E-state index in [1.807, 2.05) is 32.7 Å². The smallest absolute Gasteiger partial charge is 0.351 e. The van der Waals surface area contributed by atoms with Crippen LogP contribution < -0.4 is 15.5 Å². The molecular weight excluding hydrogens is 399 g/mol.